The Kier molecular flexibility index (Phi) is 7.09. The highest BCUT2D eigenvalue weighted by molar-refractivity contribution is 7.99. The highest BCUT2D eigenvalue weighted by Gasteiger charge is 2.22. The number of sulfone groups is 1. The molecule has 0 bridgehead atoms. The molecule has 4 aromatic rings. The van der Waals surface area contributed by atoms with Gasteiger partial charge in [0.05, 0.1) is 16.8 Å². The lowest BCUT2D eigenvalue weighted by atomic mass is 10.3. The number of H-pyrrole nitrogens is 1. The van der Waals surface area contributed by atoms with Gasteiger partial charge in [-0.05, 0) is 48.5 Å². The summed E-state index contributed by atoms with van der Waals surface area (Å²) in [6.07, 6.45) is 1.01. The van der Waals surface area contributed by atoms with Crippen molar-refractivity contribution >= 4 is 33.2 Å². The van der Waals surface area contributed by atoms with Crippen LogP contribution in [-0.2, 0) is 14.6 Å². The molecular formula is C24H19N3O5S2. The molecule has 0 unspecified atom stereocenters. The Morgan fingerprint density at radius 2 is 1.53 bits per heavy atom. The molecule has 1 aromatic heterocycles. The van der Waals surface area contributed by atoms with Crippen molar-refractivity contribution in [3.8, 4) is 11.5 Å². The summed E-state index contributed by atoms with van der Waals surface area (Å²) in [5, 5.41) is 2.88. The van der Waals surface area contributed by atoms with Crippen molar-refractivity contribution in [2.45, 2.75) is 14.9 Å². The van der Waals surface area contributed by atoms with E-state index < -0.39 is 20.3 Å². The summed E-state index contributed by atoms with van der Waals surface area (Å²) in [6, 6.07) is 23.9. The van der Waals surface area contributed by atoms with Gasteiger partial charge in [-0.2, -0.15) is 0 Å². The molecule has 1 heterocycles. The van der Waals surface area contributed by atoms with Gasteiger partial charge in [0.15, 0.2) is 10.1 Å². The standard InChI is InChI=1S/C24H19N3O5S2/c28-22(26-17-11-13-19(14-12-17)32-18-7-3-1-4-8-18)16-33-24-25-15-21(23(29)27-24)34(30,31)20-9-5-2-6-10-20/h1-15H,16H2,(H,26,28)(H,25,27,29). The molecule has 0 aliphatic rings. The number of benzene rings is 3. The molecule has 8 nitrogen and oxygen atoms in total. The number of carbonyl (C=O) groups is 1. The minimum absolute atomic E-state index is 0.00210. The van der Waals surface area contributed by atoms with Gasteiger partial charge in [-0.3, -0.25) is 9.59 Å². The fourth-order valence-electron chi connectivity index (χ4n) is 2.92. The third-order valence-electron chi connectivity index (χ3n) is 4.54. The van der Waals surface area contributed by atoms with Gasteiger partial charge >= 0.3 is 0 Å². The predicted octanol–water partition coefficient (Wildman–Crippen LogP) is 4.13. The first-order valence-corrected chi connectivity index (χ1v) is 12.5. The number of hydrogen-bond acceptors (Lipinski definition) is 7. The van der Waals surface area contributed by atoms with Crippen LogP contribution in [0.3, 0.4) is 0 Å². The van der Waals surface area contributed by atoms with Crippen LogP contribution in [0.25, 0.3) is 0 Å². The van der Waals surface area contributed by atoms with Crippen molar-refractivity contribution < 1.29 is 17.9 Å². The third-order valence-corrected chi connectivity index (χ3v) is 7.19. The molecule has 4 rings (SSSR count). The number of para-hydroxylation sites is 1. The lowest BCUT2D eigenvalue weighted by Gasteiger charge is -2.08. The molecule has 0 atom stereocenters. The van der Waals surface area contributed by atoms with E-state index in [1.165, 1.54) is 12.1 Å². The maximum Gasteiger partial charge on any atom is 0.270 e. The summed E-state index contributed by atoms with van der Waals surface area (Å²) in [5.41, 5.74) is -0.215. The predicted molar refractivity (Wildman–Crippen MR) is 129 cm³/mol. The third kappa shape index (κ3) is 5.72. The van der Waals surface area contributed by atoms with Gasteiger partial charge in [0.1, 0.15) is 11.5 Å². The van der Waals surface area contributed by atoms with E-state index in [9.17, 15) is 18.0 Å². The summed E-state index contributed by atoms with van der Waals surface area (Å²) in [7, 11) is -3.99. The second-order valence-corrected chi connectivity index (χ2v) is 9.86. The molecule has 0 aliphatic carbocycles. The molecule has 10 heteroatoms. The van der Waals surface area contributed by atoms with E-state index in [1.807, 2.05) is 30.3 Å². The molecule has 34 heavy (non-hydrogen) atoms. The van der Waals surface area contributed by atoms with Crippen LogP contribution in [0.5, 0.6) is 11.5 Å². The summed E-state index contributed by atoms with van der Waals surface area (Å²) < 4.78 is 31.0. The van der Waals surface area contributed by atoms with Crippen molar-refractivity contribution in [3.63, 3.8) is 0 Å². The number of nitrogens with zero attached hydrogens (tertiary/aromatic N) is 1. The van der Waals surface area contributed by atoms with Crippen molar-refractivity contribution in [3.05, 3.63) is 101 Å². The van der Waals surface area contributed by atoms with Crippen molar-refractivity contribution in [1.29, 1.82) is 0 Å². The second-order valence-electron chi connectivity index (χ2n) is 6.97. The maximum absolute atomic E-state index is 12.6. The Balaban J connectivity index is 1.34. The van der Waals surface area contributed by atoms with Gasteiger partial charge in [0.2, 0.25) is 15.7 Å². The zero-order valence-electron chi connectivity index (χ0n) is 17.7. The fourth-order valence-corrected chi connectivity index (χ4v) is 4.81. The summed E-state index contributed by atoms with van der Waals surface area (Å²) >= 11 is 0.984. The van der Waals surface area contributed by atoms with E-state index in [1.54, 1.807) is 42.5 Å². The first-order valence-electron chi connectivity index (χ1n) is 10.1. The molecule has 0 saturated heterocycles. The van der Waals surface area contributed by atoms with Gasteiger partial charge < -0.3 is 15.0 Å². The molecule has 0 aliphatic heterocycles. The van der Waals surface area contributed by atoms with Crippen LogP contribution in [0.4, 0.5) is 5.69 Å². The monoisotopic (exact) mass is 493 g/mol. The van der Waals surface area contributed by atoms with E-state index in [0.717, 1.165) is 18.0 Å². The topological polar surface area (TPSA) is 118 Å². The Bertz CT molecular complexity index is 1440. The van der Waals surface area contributed by atoms with E-state index in [2.05, 4.69) is 15.3 Å². The van der Waals surface area contributed by atoms with Gasteiger partial charge in [-0.15, -0.1) is 0 Å². The molecular weight excluding hydrogens is 474 g/mol. The average Bonchev–Trinajstić information content (AvgIpc) is 2.85. The highest BCUT2D eigenvalue weighted by Crippen LogP contribution is 2.23. The lowest BCUT2D eigenvalue weighted by molar-refractivity contribution is -0.113. The molecule has 1 amide bonds. The lowest BCUT2D eigenvalue weighted by Crippen LogP contribution is -2.20. The smallest absolute Gasteiger partial charge is 0.270 e. The first kappa shape index (κ1) is 23.3. The molecule has 2 N–H and O–H groups in total. The first-order chi connectivity index (χ1) is 16.4. The zero-order chi connectivity index (χ0) is 24.0. The molecule has 3 aromatic carbocycles. The Morgan fingerprint density at radius 1 is 0.912 bits per heavy atom. The highest BCUT2D eigenvalue weighted by atomic mass is 32.2. The molecule has 172 valence electrons. The van der Waals surface area contributed by atoms with E-state index in [4.69, 9.17) is 4.74 Å². The number of aromatic nitrogens is 2. The average molecular weight is 494 g/mol. The quantitative estimate of drug-likeness (QED) is 0.280. The van der Waals surface area contributed by atoms with Gasteiger partial charge in [-0.1, -0.05) is 48.2 Å². The Labute approximate surface area is 200 Å². The Hall–Kier alpha value is -3.89. The fraction of sp³-hybridized carbons (Fsp3) is 0.0417. The van der Waals surface area contributed by atoms with Crippen molar-refractivity contribution in [1.82, 2.24) is 9.97 Å². The molecule has 0 fully saturated rings. The number of carbonyl (C=O) groups excluding carboxylic acids is 1. The SMILES string of the molecule is O=C(CSc1ncc(S(=O)(=O)c2ccccc2)c(=O)[nH]1)Nc1ccc(Oc2ccccc2)cc1. The van der Waals surface area contributed by atoms with E-state index in [0.29, 0.717) is 17.2 Å². The van der Waals surface area contributed by atoms with Gasteiger partial charge in [0, 0.05) is 5.69 Å². The van der Waals surface area contributed by atoms with Crippen LogP contribution in [-0.4, -0.2) is 30.0 Å². The number of nitrogens with one attached hydrogen (secondary N) is 2. The number of aromatic amines is 1. The van der Waals surface area contributed by atoms with Crippen LogP contribution >= 0.6 is 11.8 Å². The van der Waals surface area contributed by atoms with Gasteiger partial charge in [0.25, 0.3) is 5.56 Å². The van der Waals surface area contributed by atoms with Crippen LogP contribution in [0.15, 0.2) is 111 Å². The zero-order valence-corrected chi connectivity index (χ0v) is 19.3. The van der Waals surface area contributed by atoms with Crippen molar-refractivity contribution in [2.75, 3.05) is 11.1 Å². The second kappa shape index (κ2) is 10.4. The van der Waals surface area contributed by atoms with Crippen LogP contribution in [0.2, 0.25) is 0 Å². The number of anilines is 1. The van der Waals surface area contributed by atoms with Crippen molar-refractivity contribution in [2.24, 2.45) is 0 Å². The minimum atomic E-state index is -3.99. The number of ether oxygens (including phenoxy) is 1. The van der Waals surface area contributed by atoms with Crippen LogP contribution < -0.4 is 15.6 Å². The molecule has 0 saturated carbocycles. The Morgan fingerprint density at radius 3 is 2.18 bits per heavy atom. The van der Waals surface area contributed by atoms with Crippen LogP contribution in [0, 0.1) is 0 Å². The summed E-state index contributed by atoms with van der Waals surface area (Å²) in [6.45, 7) is 0. The number of hydrogen-bond donors (Lipinski definition) is 2. The largest absolute Gasteiger partial charge is 0.457 e. The molecule has 0 radical (unpaired) electrons. The number of rotatable bonds is 8. The van der Waals surface area contributed by atoms with Gasteiger partial charge in [-0.25, -0.2) is 13.4 Å². The normalized spacial score (nSPS) is 11.1. The minimum Gasteiger partial charge on any atom is -0.457 e. The van der Waals surface area contributed by atoms with E-state index in [-0.39, 0.29) is 21.7 Å². The summed E-state index contributed by atoms with van der Waals surface area (Å²) in [4.78, 5) is 30.6. The summed E-state index contributed by atoms with van der Waals surface area (Å²) in [5.74, 6) is 0.992. The number of thioether (sulfide) groups is 1. The molecule has 0 spiro atoms. The van der Waals surface area contributed by atoms with E-state index >= 15 is 0 Å². The number of amides is 1. The van der Waals surface area contributed by atoms with Crippen LogP contribution in [0.1, 0.15) is 0 Å². The maximum atomic E-state index is 12.6.